The normalized spacial score (nSPS) is 44.4. The van der Waals surface area contributed by atoms with Crippen molar-refractivity contribution in [2.45, 2.75) is 134 Å². The summed E-state index contributed by atoms with van der Waals surface area (Å²) in [4.78, 5) is 15.6. The average Bonchev–Trinajstić information content (AvgIpc) is 3.45. The molecule has 9 heteroatoms. The van der Waals surface area contributed by atoms with Crippen molar-refractivity contribution in [2.75, 3.05) is 14.1 Å². The number of rotatable bonds is 5. The number of cyclic esters (lactones) is 1. The first-order valence-corrected chi connectivity index (χ1v) is 16.8. The molecule has 13 atom stereocenters. The quantitative estimate of drug-likeness (QED) is 0.275. The number of ether oxygens (including phenoxy) is 5. The Morgan fingerprint density at radius 3 is 2.39 bits per heavy atom. The summed E-state index contributed by atoms with van der Waals surface area (Å²) < 4.78 is 33.2. The Hall–Kier alpha value is -2.29. The summed E-state index contributed by atoms with van der Waals surface area (Å²) in [6, 6.07) is 9.64. The van der Waals surface area contributed by atoms with E-state index in [0.29, 0.717) is 25.7 Å². The van der Waals surface area contributed by atoms with Crippen LogP contribution >= 0.6 is 0 Å². The van der Waals surface area contributed by atoms with E-state index in [1.54, 1.807) is 6.92 Å². The third-order valence-corrected chi connectivity index (χ3v) is 10.6. The van der Waals surface area contributed by atoms with Gasteiger partial charge < -0.3 is 38.8 Å². The molecule has 1 aromatic rings. The maximum absolute atomic E-state index is 13.6. The molecule has 3 fully saturated rings. The Labute approximate surface area is 274 Å². The van der Waals surface area contributed by atoms with Crippen LogP contribution in [0.25, 0.3) is 0 Å². The summed E-state index contributed by atoms with van der Waals surface area (Å²) in [5.74, 6) is 3.33. The molecular weight excluding hydrogens is 586 g/mol. The van der Waals surface area contributed by atoms with Crippen LogP contribution in [0, 0.1) is 29.6 Å². The lowest BCUT2D eigenvalue weighted by atomic mass is 9.78. The third-order valence-electron chi connectivity index (χ3n) is 10.6. The van der Waals surface area contributed by atoms with Crippen molar-refractivity contribution in [1.82, 2.24) is 4.90 Å². The highest BCUT2D eigenvalue weighted by atomic mass is 16.8. The van der Waals surface area contributed by atoms with Gasteiger partial charge in [0.2, 0.25) is 0 Å². The van der Waals surface area contributed by atoms with Crippen molar-refractivity contribution < 1.29 is 38.7 Å². The second kappa shape index (κ2) is 13.3. The van der Waals surface area contributed by atoms with Gasteiger partial charge in [0.25, 0.3) is 0 Å². The number of fused-ring (bicyclic) bond motifs is 2. The van der Waals surface area contributed by atoms with E-state index in [1.807, 2.05) is 90.0 Å². The van der Waals surface area contributed by atoms with Crippen LogP contribution in [0.4, 0.5) is 0 Å². The van der Waals surface area contributed by atoms with Gasteiger partial charge in [-0.15, -0.1) is 0 Å². The second-order valence-electron chi connectivity index (χ2n) is 14.6. The molecule has 4 aliphatic rings. The highest BCUT2D eigenvalue weighted by Gasteiger charge is 2.65. The first-order chi connectivity index (χ1) is 21.6. The van der Waals surface area contributed by atoms with Gasteiger partial charge >= 0.3 is 5.97 Å². The zero-order chi connectivity index (χ0) is 33.6. The van der Waals surface area contributed by atoms with Gasteiger partial charge in [-0.05, 0) is 84.8 Å². The lowest BCUT2D eigenvalue weighted by Gasteiger charge is -2.47. The minimum atomic E-state index is -1.17. The van der Waals surface area contributed by atoms with Crippen LogP contribution in [0.15, 0.2) is 42.0 Å². The van der Waals surface area contributed by atoms with Gasteiger partial charge in [-0.2, -0.15) is 0 Å². The molecule has 0 amide bonds. The number of carbonyl (C=O) groups excluding carboxylic acids is 1. The van der Waals surface area contributed by atoms with E-state index >= 15 is 0 Å². The summed E-state index contributed by atoms with van der Waals surface area (Å²) in [6.45, 7) is 13.5. The number of likely N-dealkylation sites (N-methyl/N-ethyl adjacent to an activating group) is 1. The average molecular weight is 640 g/mol. The van der Waals surface area contributed by atoms with Gasteiger partial charge in [-0.1, -0.05) is 50.8 Å². The number of aliphatic hydroxyl groups is 2. The fraction of sp³-hybridized carbons (Fsp3) is 0.703. The molecule has 0 aromatic heterocycles. The monoisotopic (exact) mass is 639 g/mol. The standard InChI is InChI=1S/C37H53NO8/c1-10-29-35(6)21-27(18-14-17-26-15-12-11-13-16-26)37(45-35)22(2)20-36(7,46-37)32(24(4)30(39)25(5)33(41)43-29)44-34-31(40)28(38(8)9)19-23(3)42-34/h11-13,15-16,21-25,28-32,34,39-40H,10,18-20H2,1-9H3/t22-,23-,24+,25-,28+,29-,30+,31-,32-,34+,35?,36?,37?/m1/s1. The van der Waals surface area contributed by atoms with E-state index in [0.717, 1.165) is 11.1 Å². The Kier molecular flexibility index (Phi) is 10.1. The molecule has 1 aromatic carbocycles. The molecule has 0 saturated carbocycles. The molecule has 1 spiro atoms. The van der Waals surface area contributed by atoms with E-state index in [1.165, 1.54) is 0 Å². The largest absolute Gasteiger partial charge is 0.459 e. The molecule has 3 bridgehead atoms. The van der Waals surface area contributed by atoms with Crippen LogP contribution in [0.3, 0.4) is 0 Å². The molecule has 0 aliphatic carbocycles. The van der Waals surface area contributed by atoms with Gasteiger partial charge in [0.05, 0.1) is 29.8 Å². The fourth-order valence-electron chi connectivity index (χ4n) is 8.12. The highest BCUT2D eigenvalue weighted by Crippen LogP contribution is 2.57. The molecule has 0 radical (unpaired) electrons. The minimum Gasteiger partial charge on any atom is -0.459 e. The number of hydrogen-bond acceptors (Lipinski definition) is 9. The van der Waals surface area contributed by atoms with E-state index < -0.39 is 65.5 Å². The smallest absolute Gasteiger partial charge is 0.311 e. The minimum absolute atomic E-state index is 0.142. The van der Waals surface area contributed by atoms with Crippen LogP contribution in [-0.4, -0.2) is 95.0 Å². The SMILES string of the molecule is CC[C@H]1OC(=O)[C@H](C)[C@@H](O)[C@H](C)[C@@H](O[C@@H]2O[C@H](C)C[C@H](N(C)C)[C@H]2O)C2(C)C[C@@H](C)C3(OC1(C)C=C3CC#Cc1ccccc1)O2. The Morgan fingerprint density at radius 1 is 1.04 bits per heavy atom. The molecule has 2 N–H and O–H groups in total. The van der Waals surface area contributed by atoms with Crippen LogP contribution in [0.1, 0.15) is 79.7 Å². The summed E-state index contributed by atoms with van der Waals surface area (Å²) in [5.41, 5.74) is -0.189. The van der Waals surface area contributed by atoms with Gasteiger partial charge in [-0.25, -0.2) is 0 Å². The fourth-order valence-corrected chi connectivity index (χ4v) is 8.12. The number of carbonyl (C=O) groups is 1. The van der Waals surface area contributed by atoms with Crippen molar-refractivity contribution in [3.8, 4) is 11.8 Å². The topological polar surface area (TPSA) is 107 Å². The third kappa shape index (κ3) is 6.43. The van der Waals surface area contributed by atoms with Crippen molar-refractivity contribution in [3.63, 3.8) is 0 Å². The lowest BCUT2D eigenvalue weighted by Crippen LogP contribution is -2.59. The first-order valence-electron chi connectivity index (χ1n) is 16.8. The van der Waals surface area contributed by atoms with Gasteiger partial charge in [0.1, 0.15) is 17.8 Å². The molecule has 254 valence electrons. The zero-order valence-electron chi connectivity index (χ0n) is 28.9. The highest BCUT2D eigenvalue weighted by molar-refractivity contribution is 5.73. The number of benzene rings is 1. The number of aliphatic hydroxyl groups excluding tert-OH is 2. The van der Waals surface area contributed by atoms with Gasteiger partial charge in [0, 0.05) is 29.9 Å². The maximum Gasteiger partial charge on any atom is 0.311 e. The van der Waals surface area contributed by atoms with Crippen LogP contribution < -0.4 is 0 Å². The van der Waals surface area contributed by atoms with Crippen molar-refractivity contribution in [2.24, 2.45) is 17.8 Å². The first kappa shape index (κ1) is 35.0. The molecule has 4 heterocycles. The summed E-state index contributed by atoms with van der Waals surface area (Å²) in [5, 5.41) is 23.1. The van der Waals surface area contributed by atoms with E-state index in [4.69, 9.17) is 23.7 Å². The molecule has 9 nitrogen and oxygen atoms in total. The summed E-state index contributed by atoms with van der Waals surface area (Å²) >= 11 is 0. The number of nitrogens with zero attached hydrogens (tertiary/aromatic N) is 1. The molecule has 5 rings (SSSR count). The van der Waals surface area contributed by atoms with Gasteiger partial charge in [-0.3, -0.25) is 4.79 Å². The molecule has 3 unspecified atom stereocenters. The van der Waals surface area contributed by atoms with E-state index in [2.05, 4.69) is 18.8 Å². The molecule has 46 heavy (non-hydrogen) atoms. The van der Waals surface area contributed by atoms with Crippen molar-refractivity contribution >= 4 is 5.97 Å². The molecule has 3 saturated heterocycles. The van der Waals surface area contributed by atoms with Crippen molar-refractivity contribution in [1.29, 1.82) is 0 Å². The van der Waals surface area contributed by atoms with Gasteiger partial charge in [0.15, 0.2) is 12.1 Å². The van der Waals surface area contributed by atoms with Crippen LogP contribution in [0.5, 0.6) is 0 Å². The predicted octanol–water partition coefficient (Wildman–Crippen LogP) is 4.43. The number of hydrogen-bond donors (Lipinski definition) is 2. The zero-order valence-corrected chi connectivity index (χ0v) is 28.9. The number of esters is 1. The van der Waals surface area contributed by atoms with E-state index in [9.17, 15) is 15.0 Å². The van der Waals surface area contributed by atoms with Crippen molar-refractivity contribution in [3.05, 3.63) is 47.5 Å². The molecule has 4 aliphatic heterocycles. The Bertz CT molecular complexity index is 1340. The molecular formula is C37H53NO8. The summed E-state index contributed by atoms with van der Waals surface area (Å²) in [6.07, 6.45) is -0.442. The summed E-state index contributed by atoms with van der Waals surface area (Å²) in [7, 11) is 3.86. The Morgan fingerprint density at radius 2 is 1.74 bits per heavy atom. The maximum atomic E-state index is 13.6. The van der Waals surface area contributed by atoms with Crippen LogP contribution in [0.2, 0.25) is 0 Å². The Balaban J connectivity index is 1.57. The second-order valence-corrected chi connectivity index (χ2v) is 14.6. The van der Waals surface area contributed by atoms with E-state index in [-0.39, 0.29) is 18.1 Å². The van der Waals surface area contributed by atoms with Crippen LogP contribution in [-0.2, 0) is 28.5 Å². The predicted molar refractivity (Wildman–Crippen MR) is 173 cm³/mol. The lowest BCUT2D eigenvalue weighted by molar-refractivity contribution is -0.328.